The van der Waals surface area contributed by atoms with Crippen LogP contribution in [0.25, 0.3) is 0 Å². The summed E-state index contributed by atoms with van der Waals surface area (Å²) in [5.41, 5.74) is 0.909. The van der Waals surface area contributed by atoms with Gasteiger partial charge in [0.05, 0.1) is 23.5 Å². The summed E-state index contributed by atoms with van der Waals surface area (Å²) in [7, 11) is 0. The molecule has 2 aromatic rings. The number of amides is 3. The number of anilines is 1. The summed E-state index contributed by atoms with van der Waals surface area (Å²) in [6, 6.07) is 5.58. The SMILES string of the molecule is CC(=O)N1CCn2c(C(=O)C(=O)NC(C)(C)C)cc(C(=O)Nc3ccc(F)c(C)c3)c2C1. The quantitative estimate of drug-likeness (QED) is 0.562. The number of halogens is 1. The lowest BCUT2D eigenvalue weighted by molar-refractivity contribution is -0.130. The van der Waals surface area contributed by atoms with Crippen molar-refractivity contribution >= 4 is 29.2 Å². The zero-order chi connectivity index (χ0) is 23.8. The zero-order valence-electron chi connectivity index (χ0n) is 18.8. The number of rotatable bonds is 4. The Morgan fingerprint density at radius 1 is 1.06 bits per heavy atom. The number of nitrogens with zero attached hydrogens (tertiary/aromatic N) is 2. The summed E-state index contributed by atoms with van der Waals surface area (Å²) < 4.78 is 15.2. The van der Waals surface area contributed by atoms with E-state index in [1.807, 2.05) is 0 Å². The molecule has 0 saturated heterocycles. The van der Waals surface area contributed by atoms with Crippen LogP contribution in [0, 0.1) is 12.7 Å². The van der Waals surface area contributed by atoms with Gasteiger partial charge in [-0.05, 0) is 57.5 Å². The van der Waals surface area contributed by atoms with Gasteiger partial charge < -0.3 is 20.1 Å². The molecule has 0 saturated carbocycles. The summed E-state index contributed by atoms with van der Waals surface area (Å²) in [5, 5.41) is 5.34. The maximum Gasteiger partial charge on any atom is 0.294 e. The molecule has 2 N–H and O–H groups in total. The lowest BCUT2D eigenvalue weighted by Gasteiger charge is -2.29. The van der Waals surface area contributed by atoms with Crippen molar-refractivity contribution in [2.75, 3.05) is 11.9 Å². The molecule has 1 aromatic carbocycles. The molecule has 0 spiro atoms. The topological polar surface area (TPSA) is 101 Å². The first-order chi connectivity index (χ1) is 14.9. The number of hydrogen-bond acceptors (Lipinski definition) is 4. The van der Waals surface area contributed by atoms with Crippen LogP contribution in [0.1, 0.15) is 59.8 Å². The summed E-state index contributed by atoms with van der Waals surface area (Å²) in [6.07, 6.45) is 0. The molecule has 0 fully saturated rings. The second-order valence-electron chi connectivity index (χ2n) is 8.93. The molecule has 1 aromatic heterocycles. The van der Waals surface area contributed by atoms with Crippen LogP contribution in [0.15, 0.2) is 24.3 Å². The second kappa shape index (κ2) is 8.57. The first kappa shape index (κ1) is 23.2. The molecule has 2 heterocycles. The molecule has 0 unspecified atom stereocenters. The molecule has 32 heavy (non-hydrogen) atoms. The van der Waals surface area contributed by atoms with Gasteiger partial charge >= 0.3 is 0 Å². The van der Waals surface area contributed by atoms with Crippen molar-refractivity contribution in [2.45, 2.75) is 53.2 Å². The number of aryl methyl sites for hydroxylation is 1. The molecule has 3 amide bonds. The third-order valence-electron chi connectivity index (χ3n) is 5.18. The van der Waals surface area contributed by atoms with Crippen LogP contribution in [0.5, 0.6) is 0 Å². The molecule has 0 atom stereocenters. The first-order valence-corrected chi connectivity index (χ1v) is 10.3. The zero-order valence-corrected chi connectivity index (χ0v) is 18.8. The highest BCUT2D eigenvalue weighted by Gasteiger charge is 2.32. The Labute approximate surface area is 185 Å². The van der Waals surface area contributed by atoms with Crippen LogP contribution in [0.2, 0.25) is 0 Å². The van der Waals surface area contributed by atoms with Crippen LogP contribution in [0.4, 0.5) is 10.1 Å². The van der Waals surface area contributed by atoms with Crippen molar-refractivity contribution in [1.29, 1.82) is 0 Å². The minimum Gasteiger partial charge on any atom is -0.345 e. The maximum atomic E-state index is 13.6. The van der Waals surface area contributed by atoms with Gasteiger partial charge in [-0.15, -0.1) is 0 Å². The Bertz CT molecular complexity index is 1110. The second-order valence-corrected chi connectivity index (χ2v) is 8.93. The molecule has 1 aliphatic heterocycles. The number of benzene rings is 1. The Kier molecular flexibility index (Phi) is 6.20. The number of nitrogens with one attached hydrogen (secondary N) is 2. The molecule has 1 aliphatic rings. The first-order valence-electron chi connectivity index (χ1n) is 10.3. The monoisotopic (exact) mass is 442 g/mol. The van der Waals surface area contributed by atoms with E-state index in [1.165, 1.54) is 31.2 Å². The molecule has 0 aliphatic carbocycles. The average Bonchev–Trinajstić information content (AvgIpc) is 3.07. The van der Waals surface area contributed by atoms with Crippen molar-refractivity contribution in [1.82, 2.24) is 14.8 Å². The van der Waals surface area contributed by atoms with E-state index in [4.69, 9.17) is 0 Å². The lowest BCUT2D eigenvalue weighted by Crippen LogP contribution is -2.45. The van der Waals surface area contributed by atoms with E-state index in [1.54, 1.807) is 37.2 Å². The molecule has 170 valence electrons. The molecule has 9 heteroatoms. The van der Waals surface area contributed by atoms with Crippen LogP contribution >= 0.6 is 0 Å². The van der Waals surface area contributed by atoms with Gasteiger partial charge in [-0.3, -0.25) is 19.2 Å². The molecular formula is C23H27FN4O4. The number of Topliss-reactive ketones (excluding diaryl/α,β-unsaturated/α-hetero) is 1. The van der Waals surface area contributed by atoms with Crippen LogP contribution in [0.3, 0.4) is 0 Å². The highest BCUT2D eigenvalue weighted by Crippen LogP contribution is 2.25. The smallest absolute Gasteiger partial charge is 0.294 e. The average molecular weight is 442 g/mol. The normalized spacial score (nSPS) is 13.4. The highest BCUT2D eigenvalue weighted by molar-refractivity contribution is 6.42. The molecule has 8 nitrogen and oxygen atoms in total. The van der Waals surface area contributed by atoms with Crippen molar-refractivity contribution < 1.29 is 23.6 Å². The van der Waals surface area contributed by atoms with Crippen LogP contribution in [-0.4, -0.2) is 45.1 Å². The van der Waals surface area contributed by atoms with Crippen LogP contribution in [-0.2, 0) is 22.7 Å². The van der Waals surface area contributed by atoms with Gasteiger partial charge in [0.1, 0.15) is 5.82 Å². The van der Waals surface area contributed by atoms with E-state index < -0.39 is 23.1 Å². The summed E-state index contributed by atoms with van der Waals surface area (Å²) >= 11 is 0. The fraction of sp³-hybridized carbons (Fsp3) is 0.391. The number of carbonyl (C=O) groups excluding carboxylic acids is 4. The minimum absolute atomic E-state index is 0.0883. The van der Waals surface area contributed by atoms with E-state index >= 15 is 0 Å². The Balaban J connectivity index is 1.98. The van der Waals surface area contributed by atoms with Gasteiger partial charge in [0.2, 0.25) is 5.91 Å². The van der Waals surface area contributed by atoms with Crippen molar-refractivity contribution in [3.8, 4) is 0 Å². The highest BCUT2D eigenvalue weighted by atomic mass is 19.1. The van der Waals surface area contributed by atoms with Gasteiger partial charge in [-0.2, -0.15) is 0 Å². The Morgan fingerprint density at radius 2 is 1.75 bits per heavy atom. The summed E-state index contributed by atoms with van der Waals surface area (Å²) in [4.78, 5) is 51.9. The van der Waals surface area contributed by atoms with E-state index in [0.717, 1.165) is 0 Å². The number of aromatic nitrogens is 1. The largest absolute Gasteiger partial charge is 0.345 e. The standard InChI is InChI=1S/C23H27FN4O4/c1-13-10-15(6-7-17(13)24)25-21(31)16-11-18(20(30)22(32)26-23(3,4)5)28-9-8-27(14(2)29)12-19(16)28/h6-7,10-11H,8-9,12H2,1-5H3,(H,25,31)(H,26,32). The van der Waals surface area contributed by atoms with Crippen molar-refractivity contribution in [3.05, 3.63) is 52.6 Å². The van der Waals surface area contributed by atoms with Crippen molar-refractivity contribution in [2.24, 2.45) is 0 Å². The maximum absolute atomic E-state index is 13.6. The number of hydrogen-bond donors (Lipinski definition) is 2. The molecular weight excluding hydrogens is 415 g/mol. The number of carbonyl (C=O) groups is 4. The van der Waals surface area contributed by atoms with Gasteiger partial charge in [0, 0.05) is 31.2 Å². The van der Waals surface area contributed by atoms with E-state index in [2.05, 4.69) is 10.6 Å². The molecule has 0 radical (unpaired) electrons. The fourth-order valence-corrected chi connectivity index (χ4v) is 3.58. The van der Waals surface area contributed by atoms with Gasteiger partial charge in [-0.25, -0.2) is 4.39 Å². The van der Waals surface area contributed by atoms with E-state index in [0.29, 0.717) is 23.5 Å². The van der Waals surface area contributed by atoms with Gasteiger partial charge in [0.25, 0.3) is 17.6 Å². The summed E-state index contributed by atoms with van der Waals surface area (Å²) in [5.74, 6) is -2.59. The predicted octanol–water partition coefficient (Wildman–Crippen LogP) is 2.65. The van der Waals surface area contributed by atoms with Crippen molar-refractivity contribution in [3.63, 3.8) is 0 Å². The molecule has 0 bridgehead atoms. The Hall–Kier alpha value is -3.49. The lowest BCUT2D eigenvalue weighted by atomic mass is 10.1. The van der Waals surface area contributed by atoms with Crippen LogP contribution < -0.4 is 10.6 Å². The van der Waals surface area contributed by atoms with E-state index in [-0.39, 0.29) is 36.1 Å². The Morgan fingerprint density at radius 3 is 2.34 bits per heavy atom. The predicted molar refractivity (Wildman–Crippen MR) is 117 cm³/mol. The minimum atomic E-state index is -0.770. The third-order valence-corrected chi connectivity index (χ3v) is 5.18. The summed E-state index contributed by atoms with van der Waals surface area (Å²) in [6.45, 7) is 9.08. The molecule has 3 rings (SSSR count). The number of fused-ring (bicyclic) bond motifs is 1. The fourth-order valence-electron chi connectivity index (χ4n) is 3.58. The van der Waals surface area contributed by atoms with Gasteiger partial charge in [-0.1, -0.05) is 0 Å². The number of ketones is 1. The van der Waals surface area contributed by atoms with E-state index in [9.17, 15) is 23.6 Å². The van der Waals surface area contributed by atoms with Gasteiger partial charge in [0.15, 0.2) is 0 Å². The third kappa shape index (κ3) is 4.87.